The minimum Gasteiger partial charge on any atom is -0.494 e. The second kappa shape index (κ2) is 11.4. The highest BCUT2D eigenvalue weighted by Crippen LogP contribution is 2.24. The van der Waals surface area contributed by atoms with Crippen molar-refractivity contribution in [3.05, 3.63) is 93.5 Å². The number of hydrazone groups is 1. The van der Waals surface area contributed by atoms with Crippen molar-refractivity contribution in [2.45, 2.75) is 20.0 Å². The third-order valence-corrected chi connectivity index (χ3v) is 5.03. The lowest BCUT2D eigenvalue weighted by Crippen LogP contribution is -2.19. The standard InChI is InChI=1S/C24H22Cl2N2O3/c1-2-30-20-10-7-17(8-11-20)14-24(29)28-27-15-19-5-3-4-6-23(19)31-16-18-9-12-21(25)22(26)13-18/h3-13,15H,2,14,16H2,1H3,(H,28,29)/b27-15-. The number of rotatable bonds is 9. The molecular formula is C24H22Cl2N2O3. The quantitative estimate of drug-likeness (QED) is 0.333. The highest BCUT2D eigenvalue weighted by Gasteiger charge is 2.05. The third kappa shape index (κ3) is 7.02. The molecule has 5 nitrogen and oxygen atoms in total. The topological polar surface area (TPSA) is 59.9 Å². The zero-order valence-electron chi connectivity index (χ0n) is 17.0. The number of para-hydroxylation sites is 1. The first-order chi connectivity index (χ1) is 15.0. The number of amides is 1. The number of nitrogens with one attached hydrogen (secondary N) is 1. The van der Waals surface area contributed by atoms with Crippen LogP contribution in [0.25, 0.3) is 0 Å². The van der Waals surface area contributed by atoms with Crippen LogP contribution in [0.3, 0.4) is 0 Å². The predicted octanol–water partition coefficient (Wildman–Crippen LogP) is 5.66. The number of hydrogen-bond acceptors (Lipinski definition) is 4. The van der Waals surface area contributed by atoms with E-state index in [1.54, 1.807) is 18.3 Å². The molecule has 0 aliphatic rings. The number of carbonyl (C=O) groups is 1. The summed E-state index contributed by atoms with van der Waals surface area (Å²) in [5.41, 5.74) is 5.06. The molecule has 7 heteroatoms. The minimum absolute atomic E-state index is 0.213. The number of carbonyl (C=O) groups excluding carboxylic acids is 1. The smallest absolute Gasteiger partial charge is 0.244 e. The Bertz CT molecular complexity index is 1050. The molecule has 0 spiro atoms. The van der Waals surface area contributed by atoms with E-state index in [1.165, 1.54) is 0 Å². The molecule has 0 heterocycles. The Morgan fingerprint density at radius 2 is 1.71 bits per heavy atom. The first-order valence-corrected chi connectivity index (χ1v) is 10.5. The monoisotopic (exact) mass is 456 g/mol. The van der Waals surface area contributed by atoms with Gasteiger partial charge < -0.3 is 9.47 Å². The van der Waals surface area contributed by atoms with Crippen molar-refractivity contribution < 1.29 is 14.3 Å². The van der Waals surface area contributed by atoms with E-state index >= 15 is 0 Å². The lowest BCUT2D eigenvalue weighted by Gasteiger charge is -2.09. The fourth-order valence-electron chi connectivity index (χ4n) is 2.78. The van der Waals surface area contributed by atoms with Gasteiger partial charge in [-0.15, -0.1) is 0 Å². The molecule has 1 N–H and O–H groups in total. The van der Waals surface area contributed by atoms with Crippen molar-refractivity contribution in [1.29, 1.82) is 0 Å². The number of hydrogen-bond donors (Lipinski definition) is 1. The number of nitrogens with zero attached hydrogens (tertiary/aromatic N) is 1. The van der Waals surface area contributed by atoms with Gasteiger partial charge in [0.1, 0.15) is 18.1 Å². The van der Waals surface area contributed by atoms with Gasteiger partial charge in [-0.2, -0.15) is 5.10 Å². The van der Waals surface area contributed by atoms with E-state index in [0.717, 1.165) is 22.4 Å². The van der Waals surface area contributed by atoms with Crippen LogP contribution >= 0.6 is 23.2 Å². The molecule has 0 atom stereocenters. The molecule has 31 heavy (non-hydrogen) atoms. The van der Waals surface area contributed by atoms with E-state index in [-0.39, 0.29) is 12.3 Å². The third-order valence-electron chi connectivity index (χ3n) is 4.29. The minimum atomic E-state index is -0.213. The molecule has 0 saturated heterocycles. The zero-order valence-corrected chi connectivity index (χ0v) is 18.5. The van der Waals surface area contributed by atoms with Gasteiger partial charge in [0.15, 0.2) is 0 Å². The predicted molar refractivity (Wildman–Crippen MR) is 124 cm³/mol. The maximum atomic E-state index is 12.2. The van der Waals surface area contributed by atoms with Crippen LogP contribution in [0, 0.1) is 0 Å². The molecule has 0 aliphatic heterocycles. The van der Waals surface area contributed by atoms with E-state index in [0.29, 0.717) is 29.0 Å². The summed E-state index contributed by atoms with van der Waals surface area (Å²) in [4.78, 5) is 12.2. The molecule has 0 fully saturated rings. The van der Waals surface area contributed by atoms with Crippen molar-refractivity contribution in [3.63, 3.8) is 0 Å². The molecule has 0 unspecified atom stereocenters. The average Bonchev–Trinajstić information content (AvgIpc) is 2.77. The Morgan fingerprint density at radius 1 is 0.968 bits per heavy atom. The molecule has 1 amide bonds. The van der Waals surface area contributed by atoms with E-state index < -0.39 is 0 Å². The fraction of sp³-hybridized carbons (Fsp3) is 0.167. The molecule has 0 aliphatic carbocycles. The Labute approximate surface area is 191 Å². The van der Waals surface area contributed by atoms with Crippen molar-refractivity contribution in [2.24, 2.45) is 5.10 Å². The summed E-state index contributed by atoms with van der Waals surface area (Å²) < 4.78 is 11.3. The molecule has 0 aromatic heterocycles. The van der Waals surface area contributed by atoms with E-state index in [9.17, 15) is 4.79 Å². The normalized spacial score (nSPS) is 10.8. The van der Waals surface area contributed by atoms with Crippen LogP contribution in [0.1, 0.15) is 23.6 Å². The second-order valence-electron chi connectivity index (χ2n) is 6.62. The first kappa shape index (κ1) is 22.7. The Morgan fingerprint density at radius 3 is 2.45 bits per heavy atom. The molecule has 160 valence electrons. The summed E-state index contributed by atoms with van der Waals surface area (Å²) in [6.07, 6.45) is 1.78. The van der Waals surface area contributed by atoms with Crippen molar-refractivity contribution in [1.82, 2.24) is 5.43 Å². The van der Waals surface area contributed by atoms with Crippen LogP contribution in [0.4, 0.5) is 0 Å². The molecule has 0 bridgehead atoms. The summed E-state index contributed by atoms with van der Waals surface area (Å²) in [7, 11) is 0. The van der Waals surface area contributed by atoms with E-state index in [1.807, 2.05) is 61.5 Å². The summed E-state index contributed by atoms with van der Waals surface area (Å²) in [5.74, 6) is 1.20. The van der Waals surface area contributed by atoms with Gasteiger partial charge in [0.25, 0.3) is 0 Å². The van der Waals surface area contributed by atoms with Crippen LogP contribution in [0.2, 0.25) is 10.0 Å². The number of halogens is 2. The molecule has 3 aromatic rings. The highest BCUT2D eigenvalue weighted by molar-refractivity contribution is 6.42. The van der Waals surface area contributed by atoms with Gasteiger partial charge in [0.05, 0.1) is 29.3 Å². The molecule has 3 aromatic carbocycles. The first-order valence-electron chi connectivity index (χ1n) is 9.74. The van der Waals surface area contributed by atoms with E-state index in [2.05, 4.69) is 10.5 Å². The van der Waals surface area contributed by atoms with Crippen molar-refractivity contribution in [2.75, 3.05) is 6.61 Å². The SMILES string of the molecule is CCOc1ccc(CC(=O)N/N=C\c2ccccc2OCc2ccc(Cl)c(Cl)c2)cc1. The Balaban J connectivity index is 1.55. The molecule has 3 rings (SSSR count). The van der Waals surface area contributed by atoms with Gasteiger partial charge in [0, 0.05) is 5.56 Å². The van der Waals surface area contributed by atoms with Crippen LogP contribution in [0.5, 0.6) is 11.5 Å². The van der Waals surface area contributed by atoms with Crippen LogP contribution in [-0.4, -0.2) is 18.7 Å². The van der Waals surface area contributed by atoms with Gasteiger partial charge in [-0.25, -0.2) is 5.43 Å². The maximum absolute atomic E-state index is 12.2. The Kier molecular flexibility index (Phi) is 8.33. The fourth-order valence-corrected chi connectivity index (χ4v) is 3.10. The van der Waals surface area contributed by atoms with Gasteiger partial charge in [-0.05, 0) is 54.4 Å². The largest absolute Gasteiger partial charge is 0.494 e. The van der Waals surface area contributed by atoms with Crippen molar-refractivity contribution in [3.8, 4) is 11.5 Å². The lowest BCUT2D eigenvalue weighted by molar-refractivity contribution is -0.120. The number of ether oxygens (including phenoxy) is 2. The highest BCUT2D eigenvalue weighted by atomic mass is 35.5. The molecular weight excluding hydrogens is 435 g/mol. The van der Waals surface area contributed by atoms with Gasteiger partial charge >= 0.3 is 0 Å². The maximum Gasteiger partial charge on any atom is 0.244 e. The second-order valence-corrected chi connectivity index (χ2v) is 7.44. The average molecular weight is 457 g/mol. The summed E-state index contributed by atoms with van der Waals surface area (Å²) in [5, 5.41) is 5.04. The zero-order chi connectivity index (χ0) is 22.1. The summed E-state index contributed by atoms with van der Waals surface area (Å²) in [6, 6.07) is 20.2. The summed E-state index contributed by atoms with van der Waals surface area (Å²) in [6.45, 7) is 2.86. The van der Waals surface area contributed by atoms with Gasteiger partial charge in [0.2, 0.25) is 5.91 Å². The van der Waals surface area contributed by atoms with Gasteiger partial charge in [-0.3, -0.25) is 4.79 Å². The lowest BCUT2D eigenvalue weighted by atomic mass is 10.1. The number of benzene rings is 3. The van der Waals surface area contributed by atoms with Crippen LogP contribution in [0.15, 0.2) is 71.8 Å². The molecule has 0 saturated carbocycles. The van der Waals surface area contributed by atoms with Crippen LogP contribution < -0.4 is 14.9 Å². The van der Waals surface area contributed by atoms with Crippen molar-refractivity contribution >= 4 is 35.3 Å². The van der Waals surface area contributed by atoms with E-state index in [4.69, 9.17) is 32.7 Å². The van der Waals surface area contributed by atoms with Gasteiger partial charge in [-0.1, -0.05) is 53.5 Å². The van der Waals surface area contributed by atoms with Crippen LogP contribution in [-0.2, 0) is 17.8 Å². The molecule has 0 radical (unpaired) electrons. The summed E-state index contributed by atoms with van der Waals surface area (Å²) >= 11 is 12.0. The Hall–Kier alpha value is -3.02.